The van der Waals surface area contributed by atoms with Crippen LogP contribution in [-0.4, -0.2) is 15.0 Å². The fraction of sp³-hybridized carbons (Fsp3) is 0.529. The fourth-order valence-corrected chi connectivity index (χ4v) is 2.99. The van der Waals surface area contributed by atoms with Crippen molar-refractivity contribution >= 4 is 0 Å². The quantitative estimate of drug-likeness (QED) is 0.884. The largest absolute Gasteiger partial charge is 0.302 e. The summed E-state index contributed by atoms with van der Waals surface area (Å²) in [5.74, 6) is 0.872. The molecule has 0 amide bonds. The molecule has 0 spiro atoms. The average molecular weight is 284 g/mol. The minimum atomic E-state index is 0.212. The smallest absolute Gasteiger partial charge is 0.0993 e. The third kappa shape index (κ3) is 3.50. The van der Waals surface area contributed by atoms with Gasteiger partial charge in [0.05, 0.1) is 17.9 Å². The minimum absolute atomic E-state index is 0.212. The van der Waals surface area contributed by atoms with Crippen molar-refractivity contribution in [3.8, 4) is 0 Å². The topological polar surface area (TPSA) is 42.7 Å². The SMILES string of the molecule is C[C@@H](N[C@H](CC1CCC1)c1ccccc1)c1cnn(C)n1. The van der Waals surface area contributed by atoms with Crippen LogP contribution in [0.4, 0.5) is 0 Å². The van der Waals surface area contributed by atoms with Crippen molar-refractivity contribution in [2.24, 2.45) is 13.0 Å². The van der Waals surface area contributed by atoms with E-state index in [2.05, 4.69) is 52.8 Å². The van der Waals surface area contributed by atoms with Gasteiger partial charge in [-0.2, -0.15) is 15.0 Å². The lowest BCUT2D eigenvalue weighted by Crippen LogP contribution is -2.28. The van der Waals surface area contributed by atoms with Crippen molar-refractivity contribution in [1.82, 2.24) is 20.3 Å². The molecule has 3 rings (SSSR count). The molecule has 1 fully saturated rings. The molecule has 0 unspecified atom stereocenters. The van der Waals surface area contributed by atoms with E-state index in [-0.39, 0.29) is 6.04 Å². The number of hydrogen-bond acceptors (Lipinski definition) is 3. The molecule has 112 valence electrons. The lowest BCUT2D eigenvalue weighted by Gasteiger charge is -2.31. The molecule has 1 aromatic carbocycles. The van der Waals surface area contributed by atoms with E-state index in [1.54, 1.807) is 4.80 Å². The molecular weight excluding hydrogens is 260 g/mol. The Bertz CT molecular complexity index is 559. The van der Waals surface area contributed by atoms with Crippen LogP contribution >= 0.6 is 0 Å². The first-order chi connectivity index (χ1) is 10.2. The van der Waals surface area contributed by atoms with Crippen molar-refractivity contribution in [1.29, 1.82) is 0 Å². The molecule has 4 heteroatoms. The van der Waals surface area contributed by atoms with Crippen LogP contribution < -0.4 is 5.32 Å². The summed E-state index contributed by atoms with van der Waals surface area (Å²) in [7, 11) is 1.86. The molecular formula is C17H24N4. The molecule has 2 atom stereocenters. The van der Waals surface area contributed by atoms with E-state index < -0.39 is 0 Å². The van der Waals surface area contributed by atoms with Gasteiger partial charge in [0.2, 0.25) is 0 Å². The monoisotopic (exact) mass is 284 g/mol. The summed E-state index contributed by atoms with van der Waals surface area (Å²) in [5.41, 5.74) is 2.38. The third-order valence-corrected chi connectivity index (χ3v) is 4.51. The zero-order valence-electron chi connectivity index (χ0n) is 12.9. The summed E-state index contributed by atoms with van der Waals surface area (Å²) >= 11 is 0. The van der Waals surface area contributed by atoms with E-state index >= 15 is 0 Å². The number of aryl methyl sites for hydroxylation is 1. The molecule has 1 N–H and O–H groups in total. The van der Waals surface area contributed by atoms with Crippen molar-refractivity contribution in [2.75, 3.05) is 0 Å². The molecule has 0 aliphatic heterocycles. The van der Waals surface area contributed by atoms with Gasteiger partial charge in [-0.15, -0.1) is 0 Å². The highest BCUT2D eigenvalue weighted by Gasteiger charge is 2.24. The van der Waals surface area contributed by atoms with E-state index in [0.717, 1.165) is 11.6 Å². The van der Waals surface area contributed by atoms with Gasteiger partial charge in [-0.1, -0.05) is 49.6 Å². The summed E-state index contributed by atoms with van der Waals surface area (Å²) in [4.78, 5) is 1.62. The molecule has 1 heterocycles. The molecule has 0 radical (unpaired) electrons. The van der Waals surface area contributed by atoms with E-state index in [1.165, 1.54) is 31.2 Å². The van der Waals surface area contributed by atoms with Crippen LogP contribution in [0.5, 0.6) is 0 Å². The summed E-state index contributed by atoms with van der Waals surface area (Å²) in [6.07, 6.45) is 7.22. The molecule has 4 nitrogen and oxygen atoms in total. The van der Waals surface area contributed by atoms with Crippen molar-refractivity contribution in [3.05, 3.63) is 47.8 Å². The summed E-state index contributed by atoms with van der Waals surface area (Å²) < 4.78 is 0. The lowest BCUT2D eigenvalue weighted by atomic mass is 9.79. The number of hydrogen-bond donors (Lipinski definition) is 1. The molecule has 1 aliphatic rings. The van der Waals surface area contributed by atoms with Crippen LogP contribution in [0.1, 0.15) is 55.9 Å². The second kappa shape index (κ2) is 6.39. The van der Waals surface area contributed by atoms with Crippen molar-refractivity contribution < 1.29 is 0 Å². The molecule has 0 saturated heterocycles. The van der Waals surface area contributed by atoms with Gasteiger partial charge >= 0.3 is 0 Å². The normalized spacial score (nSPS) is 18.2. The highest BCUT2D eigenvalue weighted by Crippen LogP contribution is 2.35. The molecule has 1 saturated carbocycles. The summed E-state index contributed by atoms with van der Waals surface area (Å²) in [6.45, 7) is 2.17. The first-order valence-corrected chi connectivity index (χ1v) is 7.89. The van der Waals surface area contributed by atoms with Gasteiger partial charge in [-0.05, 0) is 24.8 Å². The highest BCUT2D eigenvalue weighted by atomic mass is 15.4. The van der Waals surface area contributed by atoms with E-state index in [0.29, 0.717) is 6.04 Å². The fourth-order valence-electron chi connectivity index (χ4n) is 2.99. The van der Waals surface area contributed by atoms with Crippen LogP contribution in [0.3, 0.4) is 0 Å². The average Bonchev–Trinajstić information content (AvgIpc) is 2.89. The van der Waals surface area contributed by atoms with Crippen LogP contribution in [0, 0.1) is 5.92 Å². The van der Waals surface area contributed by atoms with Gasteiger partial charge in [0.1, 0.15) is 0 Å². The van der Waals surface area contributed by atoms with Crippen LogP contribution in [0.15, 0.2) is 36.5 Å². The minimum Gasteiger partial charge on any atom is -0.302 e. The zero-order chi connectivity index (χ0) is 14.7. The third-order valence-electron chi connectivity index (χ3n) is 4.51. The predicted molar refractivity (Wildman–Crippen MR) is 83.7 cm³/mol. The Balaban J connectivity index is 1.72. The zero-order valence-corrected chi connectivity index (χ0v) is 12.9. The first kappa shape index (κ1) is 14.3. The Kier molecular flexibility index (Phi) is 4.34. The Morgan fingerprint density at radius 3 is 2.62 bits per heavy atom. The lowest BCUT2D eigenvalue weighted by molar-refractivity contribution is 0.253. The van der Waals surface area contributed by atoms with Gasteiger partial charge < -0.3 is 5.32 Å². The van der Waals surface area contributed by atoms with E-state index in [9.17, 15) is 0 Å². The van der Waals surface area contributed by atoms with Crippen LogP contribution in [0.25, 0.3) is 0 Å². The summed E-state index contributed by atoms with van der Waals surface area (Å²) in [6, 6.07) is 11.4. The first-order valence-electron chi connectivity index (χ1n) is 7.89. The maximum Gasteiger partial charge on any atom is 0.0993 e. The highest BCUT2D eigenvalue weighted by molar-refractivity contribution is 5.19. The Morgan fingerprint density at radius 2 is 2.05 bits per heavy atom. The molecule has 2 aromatic rings. The van der Waals surface area contributed by atoms with E-state index in [1.807, 2.05) is 13.2 Å². The predicted octanol–water partition coefficient (Wildman–Crippen LogP) is 3.40. The maximum atomic E-state index is 4.41. The molecule has 1 aromatic heterocycles. The Hall–Kier alpha value is -1.68. The molecule has 0 bridgehead atoms. The van der Waals surface area contributed by atoms with Gasteiger partial charge in [0, 0.05) is 13.1 Å². The van der Waals surface area contributed by atoms with Crippen molar-refractivity contribution in [2.45, 2.75) is 44.7 Å². The Labute approximate surface area is 126 Å². The van der Waals surface area contributed by atoms with Gasteiger partial charge in [0.25, 0.3) is 0 Å². The van der Waals surface area contributed by atoms with Gasteiger partial charge in [-0.25, -0.2) is 0 Å². The number of nitrogens with zero attached hydrogens (tertiary/aromatic N) is 3. The number of rotatable bonds is 6. The Morgan fingerprint density at radius 1 is 1.29 bits per heavy atom. The standard InChI is InChI=1S/C17H24N4/c1-13(17-12-18-21(2)20-17)19-16(11-14-7-6-8-14)15-9-4-3-5-10-15/h3-5,9-10,12-14,16,19H,6-8,11H2,1-2H3/t13-,16-/m1/s1. The maximum absolute atomic E-state index is 4.41. The number of aromatic nitrogens is 3. The number of benzene rings is 1. The van der Waals surface area contributed by atoms with Crippen LogP contribution in [0.2, 0.25) is 0 Å². The van der Waals surface area contributed by atoms with E-state index in [4.69, 9.17) is 0 Å². The van der Waals surface area contributed by atoms with Gasteiger partial charge in [-0.3, -0.25) is 0 Å². The van der Waals surface area contributed by atoms with Crippen LogP contribution in [-0.2, 0) is 7.05 Å². The number of nitrogens with one attached hydrogen (secondary N) is 1. The second-order valence-electron chi connectivity index (χ2n) is 6.14. The molecule has 21 heavy (non-hydrogen) atoms. The molecule has 1 aliphatic carbocycles. The van der Waals surface area contributed by atoms with Gasteiger partial charge in [0.15, 0.2) is 0 Å². The second-order valence-corrected chi connectivity index (χ2v) is 6.14. The summed E-state index contributed by atoms with van der Waals surface area (Å²) in [5, 5.41) is 12.3. The van der Waals surface area contributed by atoms with Crippen molar-refractivity contribution in [3.63, 3.8) is 0 Å².